The highest BCUT2D eigenvalue weighted by atomic mass is 35.5. The summed E-state index contributed by atoms with van der Waals surface area (Å²) >= 11 is 5.56. The molecular weight excluding hydrogens is 327 g/mol. The highest BCUT2D eigenvalue weighted by Gasteiger charge is 2.33. The van der Waals surface area contributed by atoms with Crippen LogP contribution < -0.4 is 0 Å². The number of hydrogen-bond acceptors (Lipinski definition) is 2. The monoisotopic (exact) mass is 343 g/mol. The van der Waals surface area contributed by atoms with Gasteiger partial charge in [0, 0.05) is 18.5 Å². The number of benzene rings is 1. The van der Waals surface area contributed by atoms with Crippen molar-refractivity contribution in [3.63, 3.8) is 0 Å². The number of hydrogen-bond donors (Lipinski definition) is 0. The second-order valence-electron chi connectivity index (χ2n) is 4.78. The topological polar surface area (TPSA) is 37.4 Å². The van der Waals surface area contributed by atoms with Crippen LogP contribution in [0.15, 0.2) is 29.2 Å². The zero-order chi connectivity index (χ0) is 16.3. The van der Waals surface area contributed by atoms with Crippen LogP contribution in [0.25, 0.3) is 0 Å². The van der Waals surface area contributed by atoms with Crippen LogP contribution in [0.2, 0.25) is 0 Å². The van der Waals surface area contributed by atoms with Gasteiger partial charge in [0.25, 0.3) is 0 Å². The molecule has 1 aromatic rings. The molecule has 3 nitrogen and oxygen atoms in total. The molecule has 1 aromatic carbocycles. The van der Waals surface area contributed by atoms with Gasteiger partial charge in [0.05, 0.1) is 10.5 Å². The molecule has 0 radical (unpaired) electrons. The molecule has 0 aliphatic rings. The fourth-order valence-corrected chi connectivity index (χ4v) is 3.68. The van der Waals surface area contributed by atoms with Gasteiger partial charge in [-0.1, -0.05) is 6.07 Å². The maximum absolute atomic E-state index is 12.7. The normalized spacial score (nSPS) is 13.1. The fourth-order valence-electron chi connectivity index (χ4n) is 1.84. The average molecular weight is 344 g/mol. The van der Waals surface area contributed by atoms with Crippen LogP contribution in [0.1, 0.15) is 25.8 Å². The van der Waals surface area contributed by atoms with Crippen molar-refractivity contribution < 1.29 is 21.6 Å². The highest BCUT2D eigenvalue weighted by Crippen LogP contribution is 2.31. The molecule has 0 N–H and O–H groups in total. The molecule has 0 aliphatic carbocycles. The fraction of sp³-hybridized carbons (Fsp3) is 0.538. The predicted octanol–water partition coefficient (Wildman–Crippen LogP) is 3.73. The van der Waals surface area contributed by atoms with E-state index in [1.807, 2.05) is 0 Å². The Morgan fingerprint density at radius 2 is 1.90 bits per heavy atom. The number of sulfonamides is 1. The molecule has 0 aromatic heterocycles. The molecule has 1 rings (SSSR count). The third-order valence-corrected chi connectivity index (χ3v) is 5.19. The van der Waals surface area contributed by atoms with Gasteiger partial charge in [-0.3, -0.25) is 0 Å². The lowest BCUT2D eigenvalue weighted by molar-refractivity contribution is -0.137. The second kappa shape index (κ2) is 6.98. The van der Waals surface area contributed by atoms with E-state index >= 15 is 0 Å². The lowest BCUT2D eigenvalue weighted by Gasteiger charge is -2.26. The van der Waals surface area contributed by atoms with Crippen LogP contribution in [0, 0.1) is 0 Å². The van der Waals surface area contributed by atoms with Crippen LogP contribution in [0.3, 0.4) is 0 Å². The van der Waals surface area contributed by atoms with E-state index in [9.17, 15) is 21.6 Å². The molecule has 0 aliphatic heterocycles. The summed E-state index contributed by atoms with van der Waals surface area (Å²) in [5, 5.41) is 0. The largest absolute Gasteiger partial charge is 0.416 e. The summed E-state index contributed by atoms with van der Waals surface area (Å²) in [7, 11) is -3.98. The van der Waals surface area contributed by atoms with E-state index < -0.39 is 21.8 Å². The smallest absolute Gasteiger partial charge is 0.207 e. The molecule has 0 spiro atoms. The average Bonchev–Trinajstić information content (AvgIpc) is 2.37. The van der Waals surface area contributed by atoms with Crippen LogP contribution in [0.4, 0.5) is 13.2 Å². The van der Waals surface area contributed by atoms with Gasteiger partial charge in [-0.25, -0.2) is 8.42 Å². The quantitative estimate of drug-likeness (QED) is 0.738. The summed E-state index contributed by atoms with van der Waals surface area (Å²) in [6.07, 6.45) is -4.15. The summed E-state index contributed by atoms with van der Waals surface area (Å²) in [5.41, 5.74) is -0.982. The zero-order valence-electron chi connectivity index (χ0n) is 11.7. The molecule has 0 saturated carbocycles. The summed E-state index contributed by atoms with van der Waals surface area (Å²) < 4.78 is 64.2. The van der Waals surface area contributed by atoms with Gasteiger partial charge in [0.1, 0.15) is 0 Å². The van der Waals surface area contributed by atoms with Crippen molar-refractivity contribution in [1.82, 2.24) is 4.31 Å². The molecule has 0 amide bonds. The van der Waals surface area contributed by atoms with E-state index in [0.29, 0.717) is 12.5 Å². The van der Waals surface area contributed by atoms with E-state index in [2.05, 4.69) is 0 Å². The molecule has 21 heavy (non-hydrogen) atoms. The third kappa shape index (κ3) is 4.59. The Hall–Kier alpha value is -0.790. The molecule has 120 valence electrons. The SMILES string of the molecule is CC(C)N(CCCCl)S(=O)(=O)c1cccc(C(F)(F)F)c1. The first-order valence-electron chi connectivity index (χ1n) is 6.35. The van der Waals surface area contributed by atoms with Crippen LogP contribution in [0.5, 0.6) is 0 Å². The van der Waals surface area contributed by atoms with Crippen LogP contribution in [-0.4, -0.2) is 31.2 Å². The molecule has 0 unspecified atom stereocenters. The summed E-state index contributed by atoms with van der Waals surface area (Å²) in [4.78, 5) is -0.361. The van der Waals surface area contributed by atoms with Crippen molar-refractivity contribution in [3.05, 3.63) is 29.8 Å². The standard InChI is InChI=1S/C13H17ClF3NO2S/c1-10(2)18(8-4-7-14)21(19,20)12-6-3-5-11(9-12)13(15,16)17/h3,5-6,9-10H,4,7-8H2,1-2H3. The van der Waals surface area contributed by atoms with E-state index in [0.717, 1.165) is 16.4 Å². The van der Waals surface area contributed by atoms with Gasteiger partial charge in [-0.15, -0.1) is 11.6 Å². The summed E-state index contributed by atoms with van der Waals surface area (Å²) in [6, 6.07) is 3.40. The van der Waals surface area contributed by atoms with Gasteiger partial charge in [-0.2, -0.15) is 17.5 Å². The minimum absolute atomic E-state index is 0.166. The lowest BCUT2D eigenvalue weighted by Crippen LogP contribution is -2.38. The molecule has 0 bridgehead atoms. The predicted molar refractivity (Wildman–Crippen MR) is 75.8 cm³/mol. The Balaban J connectivity index is 3.22. The number of nitrogens with zero attached hydrogens (tertiary/aromatic N) is 1. The van der Waals surface area contributed by atoms with Crippen LogP contribution in [-0.2, 0) is 16.2 Å². The van der Waals surface area contributed by atoms with Gasteiger partial charge in [-0.05, 0) is 38.5 Å². The number of alkyl halides is 4. The molecule has 0 fully saturated rings. The minimum atomic E-state index is -4.58. The number of halogens is 4. The van der Waals surface area contributed by atoms with Crippen molar-refractivity contribution in [1.29, 1.82) is 0 Å². The van der Waals surface area contributed by atoms with Crippen molar-refractivity contribution in [2.75, 3.05) is 12.4 Å². The number of rotatable bonds is 6. The molecule has 0 heterocycles. The molecular formula is C13H17ClF3NO2S. The van der Waals surface area contributed by atoms with Crippen molar-refractivity contribution >= 4 is 21.6 Å². The third-order valence-electron chi connectivity index (χ3n) is 2.86. The van der Waals surface area contributed by atoms with Gasteiger partial charge >= 0.3 is 6.18 Å². The van der Waals surface area contributed by atoms with Crippen molar-refractivity contribution in [3.8, 4) is 0 Å². The van der Waals surface area contributed by atoms with E-state index in [-0.39, 0.29) is 23.4 Å². The highest BCUT2D eigenvalue weighted by molar-refractivity contribution is 7.89. The Bertz CT molecular complexity index is 573. The maximum Gasteiger partial charge on any atom is 0.416 e. The van der Waals surface area contributed by atoms with E-state index in [4.69, 9.17) is 11.6 Å². The summed E-state index contributed by atoms with van der Waals surface area (Å²) in [6.45, 7) is 3.50. The maximum atomic E-state index is 12.7. The molecule has 0 saturated heterocycles. The second-order valence-corrected chi connectivity index (χ2v) is 7.05. The molecule has 0 atom stereocenters. The Morgan fingerprint density at radius 3 is 2.38 bits per heavy atom. The van der Waals surface area contributed by atoms with Crippen LogP contribution >= 0.6 is 11.6 Å². The summed E-state index contributed by atoms with van der Waals surface area (Å²) in [5.74, 6) is 0.279. The minimum Gasteiger partial charge on any atom is -0.207 e. The first kappa shape index (κ1) is 18.3. The van der Waals surface area contributed by atoms with Crippen molar-refractivity contribution in [2.24, 2.45) is 0 Å². The Kier molecular flexibility index (Phi) is 6.07. The molecule has 8 heteroatoms. The van der Waals surface area contributed by atoms with Gasteiger partial charge in [0.2, 0.25) is 10.0 Å². The van der Waals surface area contributed by atoms with E-state index in [1.54, 1.807) is 13.8 Å². The van der Waals surface area contributed by atoms with Crippen molar-refractivity contribution in [2.45, 2.75) is 37.4 Å². The van der Waals surface area contributed by atoms with E-state index in [1.165, 1.54) is 6.07 Å². The Morgan fingerprint density at radius 1 is 1.29 bits per heavy atom. The lowest BCUT2D eigenvalue weighted by atomic mass is 10.2. The first-order chi connectivity index (χ1) is 9.60. The first-order valence-corrected chi connectivity index (χ1v) is 8.33. The van der Waals surface area contributed by atoms with Gasteiger partial charge in [0.15, 0.2) is 0 Å². The zero-order valence-corrected chi connectivity index (χ0v) is 13.3. The Labute approximate surface area is 127 Å². The van der Waals surface area contributed by atoms with Gasteiger partial charge < -0.3 is 0 Å².